The van der Waals surface area contributed by atoms with Crippen molar-refractivity contribution >= 4 is 17.8 Å². The van der Waals surface area contributed by atoms with Crippen LogP contribution in [0.3, 0.4) is 0 Å². The van der Waals surface area contributed by atoms with Crippen molar-refractivity contribution in [2.45, 2.75) is 33.7 Å². The predicted octanol–water partition coefficient (Wildman–Crippen LogP) is 0.332. The summed E-state index contributed by atoms with van der Waals surface area (Å²) in [5.41, 5.74) is 1.07. The van der Waals surface area contributed by atoms with Gasteiger partial charge in [-0.15, -0.1) is 0 Å². The molecule has 1 aromatic rings. The molecule has 0 atom stereocenters. The fraction of sp³-hybridized carbons (Fsp3) is 0.529. The molecule has 8 nitrogen and oxygen atoms in total. The number of carbonyl (C=O) groups is 2. The zero-order valence-corrected chi connectivity index (χ0v) is 14.8. The lowest BCUT2D eigenvalue weighted by Crippen LogP contribution is -2.40. The molecular formula is C17H23N5O3. The minimum atomic E-state index is -0.338. The average molecular weight is 345 g/mol. The van der Waals surface area contributed by atoms with Crippen molar-refractivity contribution in [3.05, 3.63) is 33.4 Å². The summed E-state index contributed by atoms with van der Waals surface area (Å²) in [4.78, 5) is 45.3. The van der Waals surface area contributed by atoms with E-state index >= 15 is 0 Å². The normalized spacial score (nSPS) is 16.9. The molecule has 2 aliphatic heterocycles. The number of carbonyl (C=O) groups excluding carboxylic acids is 2. The zero-order chi connectivity index (χ0) is 18.1. The minimum absolute atomic E-state index is 0.156. The van der Waals surface area contributed by atoms with Crippen LogP contribution in [0.15, 0.2) is 22.3 Å². The first-order chi connectivity index (χ1) is 12.0. The Labute approximate surface area is 146 Å². The van der Waals surface area contributed by atoms with Crippen molar-refractivity contribution in [3.8, 4) is 0 Å². The highest BCUT2D eigenvalue weighted by Crippen LogP contribution is 2.27. The van der Waals surface area contributed by atoms with Gasteiger partial charge in [-0.2, -0.15) is 0 Å². The van der Waals surface area contributed by atoms with Crippen LogP contribution in [-0.4, -0.2) is 57.3 Å². The standard InChI is InChI=1S/C17H23N5O3/c1-4-20(5-2)8-9-21-15(24)12-6-7-22-14(23)11(3)10-18-17(22)19-13(12)16(21)25/h10H,4-9H2,1-3H3,(H,18,19). The van der Waals surface area contributed by atoms with Gasteiger partial charge in [0.15, 0.2) is 0 Å². The van der Waals surface area contributed by atoms with Gasteiger partial charge >= 0.3 is 0 Å². The molecule has 0 radical (unpaired) electrons. The first-order valence-corrected chi connectivity index (χ1v) is 8.63. The number of nitrogens with one attached hydrogen (secondary N) is 1. The van der Waals surface area contributed by atoms with Crippen molar-refractivity contribution < 1.29 is 9.59 Å². The van der Waals surface area contributed by atoms with Crippen LogP contribution in [0.2, 0.25) is 0 Å². The third kappa shape index (κ3) is 2.97. The Morgan fingerprint density at radius 3 is 2.60 bits per heavy atom. The van der Waals surface area contributed by atoms with E-state index < -0.39 is 0 Å². The van der Waals surface area contributed by atoms with Crippen LogP contribution < -0.4 is 10.9 Å². The number of hydrogen-bond donors (Lipinski definition) is 1. The van der Waals surface area contributed by atoms with E-state index in [0.717, 1.165) is 13.1 Å². The van der Waals surface area contributed by atoms with Crippen molar-refractivity contribution in [2.24, 2.45) is 0 Å². The number of likely N-dealkylation sites (N-methyl/N-ethyl adjacent to an activating group) is 1. The molecule has 2 amide bonds. The third-order valence-corrected chi connectivity index (χ3v) is 4.84. The summed E-state index contributed by atoms with van der Waals surface area (Å²) in [5.74, 6) is -0.292. The van der Waals surface area contributed by atoms with Gasteiger partial charge in [-0.3, -0.25) is 23.9 Å². The van der Waals surface area contributed by atoms with Gasteiger partial charge in [-0.25, -0.2) is 4.98 Å². The van der Waals surface area contributed by atoms with Crippen molar-refractivity contribution in [3.63, 3.8) is 0 Å². The van der Waals surface area contributed by atoms with Gasteiger partial charge in [0.1, 0.15) is 5.70 Å². The fourth-order valence-electron chi connectivity index (χ4n) is 3.21. The second-order valence-corrected chi connectivity index (χ2v) is 6.24. The number of nitrogens with zero attached hydrogens (tertiary/aromatic N) is 4. The van der Waals surface area contributed by atoms with Crippen LogP contribution in [-0.2, 0) is 16.1 Å². The topological polar surface area (TPSA) is 87.5 Å². The number of fused-ring (bicyclic) bond motifs is 1. The molecule has 0 aliphatic carbocycles. The van der Waals surface area contributed by atoms with Gasteiger partial charge in [-0.05, 0) is 26.4 Å². The zero-order valence-electron chi connectivity index (χ0n) is 14.8. The van der Waals surface area contributed by atoms with Gasteiger partial charge < -0.3 is 10.2 Å². The molecule has 0 aromatic carbocycles. The highest BCUT2D eigenvalue weighted by atomic mass is 16.2. The Bertz CT molecular complexity index is 807. The maximum atomic E-state index is 12.7. The molecule has 3 rings (SSSR count). The third-order valence-electron chi connectivity index (χ3n) is 4.84. The number of rotatable bonds is 5. The van der Waals surface area contributed by atoms with Crippen LogP contribution >= 0.6 is 0 Å². The summed E-state index contributed by atoms with van der Waals surface area (Å²) >= 11 is 0. The second kappa shape index (κ2) is 6.79. The number of hydrogen-bond acceptors (Lipinski definition) is 6. The molecule has 0 unspecified atom stereocenters. The first-order valence-electron chi connectivity index (χ1n) is 8.63. The van der Waals surface area contributed by atoms with E-state index in [1.54, 1.807) is 6.92 Å². The Balaban J connectivity index is 1.83. The predicted molar refractivity (Wildman–Crippen MR) is 93.0 cm³/mol. The monoisotopic (exact) mass is 345 g/mol. The quantitative estimate of drug-likeness (QED) is 0.774. The van der Waals surface area contributed by atoms with Gasteiger partial charge in [0.05, 0.1) is 0 Å². The summed E-state index contributed by atoms with van der Waals surface area (Å²) in [6.07, 6.45) is 1.82. The molecule has 2 aliphatic rings. The molecule has 3 heterocycles. The summed E-state index contributed by atoms with van der Waals surface area (Å²) in [6, 6.07) is 0. The minimum Gasteiger partial charge on any atom is -0.321 e. The largest absolute Gasteiger partial charge is 0.321 e. The maximum Gasteiger partial charge on any atom is 0.277 e. The summed E-state index contributed by atoms with van der Waals surface area (Å²) in [7, 11) is 0. The Hall–Kier alpha value is -2.48. The maximum absolute atomic E-state index is 12.7. The lowest BCUT2D eigenvalue weighted by Gasteiger charge is -2.22. The lowest BCUT2D eigenvalue weighted by molar-refractivity contribution is -0.137. The Kier molecular flexibility index (Phi) is 4.71. The molecule has 0 fully saturated rings. The molecule has 25 heavy (non-hydrogen) atoms. The van der Waals surface area contributed by atoms with Crippen LogP contribution in [0.1, 0.15) is 25.8 Å². The molecule has 0 bridgehead atoms. The lowest BCUT2D eigenvalue weighted by atomic mass is 10.1. The first kappa shape index (κ1) is 17.3. The molecular weight excluding hydrogens is 322 g/mol. The number of imide groups is 1. The van der Waals surface area contributed by atoms with Crippen LogP contribution in [0.25, 0.3) is 0 Å². The molecule has 0 saturated heterocycles. The van der Waals surface area contributed by atoms with E-state index in [1.165, 1.54) is 15.7 Å². The van der Waals surface area contributed by atoms with Crippen molar-refractivity contribution in [1.29, 1.82) is 0 Å². The number of aryl methyl sites for hydroxylation is 1. The van der Waals surface area contributed by atoms with E-state index in [0.29, 0.717) is 43.1 Å². The van der Waals surface area contributed by atoms with Crippen LogP contribution in [0.4, 0.5) is 5.95 Å². The summed E-state index contributed by atoms with van der Waals surface area (Å²) in [6.45, 7) is 8.89. The van der Waals surface area contributed by atoms with Gasteiger partial charge in [-0.1, -0.05) is 13.8 Å². The van der Waals surface area contributed by atoms with Gasteiger partial charge in [0.2, 0.25) is 5.95 Å². The Morgan fingerprint density at radius 1 is 1.20 bits per heavy atom. The van der Waals surface area contributed by atoms with E-state index in [-0.39, 0.29) is 23.1 Å². The molecule has 1 aromatic heterocycles. The smallest absolute Gasteiger partial charge is 0.277 e. The second-order valence-electron chi connectivity index (χ2n) is 6.24. The van der Waals surface area contributed by atoms with E-state index in [2.05, 4.69) is 29.0 Å². The number of aromatic nitrogens is 2. The Morgan fingerprint density at radius 2 is 1.92 bits per heavy atom. The van der Waals surface area contributed by atoms with E-state index in [4.69, 9.17) is 0 Å². The van der Waals surface area contributed by atoms with Crippen LogP contribution in [0.5, 0.6) is 0 Å². The van der Waals surface area contributed by atoms with Gasteiger partial charge in [0, 0.05) is 37.0 Å². The van der Waals surface area contributed by atoms with Crippen molar-refractivity contribution in [2.75, 3.05) is 31.5 Å². The highest BCUT2D eigenvalue weighted by Gasteiger charge is 2.39. The average Bonchev–Trinajstić information content (AvgIpc) is 2.76. The number of anilines is 1. The SMILES string of the molecule is CCN(CC)CCN1C(=O)C2=C(Nc3ncc(C)c(=O)n3CC2)C1=O. The molecule has 134 valence electrons. The summed E-state index contributed by atoms with van der Waals surface area (Å²) < 4.78 is 1.48. The van der Waals surface area contributed by atoms with E-state index in [9.17, 15) is 14.4 Å². The summed E-state index contributed by atoms with van der Waals surface area (Å²) in [5, 5.41) is 2.92. The van der Waals surface area contributed by atoms with E-state index in [1.807, 2.05) is 0 Å². The molecule has 0 spiro atoms. The molecule has 1 N–H and O–H groups in total. The highest BCUT2D eigenvalue weighted by molar-refractivity contribution is 6.20. The van der Waals surface area contributed by atoms with Crippen LogP contribution in [0, 0.1) is 6.92 Å². The molecule has 8 heteroatoms. The molecule has 0 saturated carbocycles. The fourth-order valence-corrected chi connectivity index (χ4v) is 3.21. The van der Waals surface area contributed by atoms with Crippen molar-refractivity contribution in [1.82, 2.24) is 19.4 Å². The number of amides is 2. The van der Waals surface area contributed by atoms with Gasteiger partial charge in [0.25, 0.3) is 17.4 Å².